The summed E-state index contributed by atoms with van der Waals surface area (Å²) in [7, 11) is 0. The van der Waals surface area contributed by atoms with Crippen molar-refractivity contribution < 1.29 is 23.9 Å². The van der Waals surface area contributed by atoms with Gasteiger partial charge in [0.2, 0.25) is 0 Å². The van der Waals surface area contributed by atoms with Crippen LogP contribution in [0.5, 0.6) is 0 Å². The molecule has 1 aliphatic rings. The van der Waals surface area contributed by atoms with Gasteiger partial charge in [-0.05, 0) is 39.0 Å². The van der Waals surface area contributed by atoms with Crippen molar-refractivity contribution >= 4 is 17.7 Å². The van der Waals surface area contributed by atoms with Crippen LogP contribution in [0.1, 0.15) is 78.1 Å². The Morgan fingerprint density at radius 3 is 2.43 bits per heavy atom. The normalized spacial score (nSPS) is 15.6. The zero-order valence-electron chi connectivity index (χ0n) is 17.5. The van der Waals surface area contributed by atoms with Crippen molar-refractivity contribution in [3.05, 3.63) is 12.2 Å². The molecule has 1 fully saturated rings. The minimum atomic E-state index is -0.444. The lowest BCUT2D eigenvalue weighted by molar-refractivity contribution is -0.145. The molecule has 0 aliphatic heterocycles. The molecule has 1 atom stereocenters. The van der Waals surface area contributed by atoms with Gasteiger partial charge in [-0.2, -0.15) is 0 Å². The molecule has 1 saturated carbocycles. The van der Waals surface area contributed by atoms with Crippen molar-refractivity contribution in [2.75, 3.05) is 19.8 Å². The number of esters is 2. The Balaban J connectivity index is 2.28. The van der Waals surface area contributed by atoms with Crippen molar-refractivity contribution in [1.82, 2.24) is 5.32 Å². The first kappa shape index (κ1) is 24.3. The number of ether oxygens (including phenoxy) is 2. The summed E-state index contributed by atoms with van der Waals surface area (Å²) in [5.74, 6) is 0.369. The smallest absolute Gasteiger partial charge is 0.323 e. The maximum Gasteiger partial charge on any atom is 0.323 e. The number of allylic oxidation sites excluding steroid dienone is 1. The Bertz CT molecular complexity index is 497. The number of hydrogen-bond donors (Lipinski definition) is 1. The van der Waals surface area contributed by atoms with Crippen LogP contribution >= 0.6 is 0 Å². The van der Waals surface area contributed by atoms with Crippen LogP contribution in [0.15, 0.2) is 12.2 Å². The largest absolute Gasteiger partial charge is 0.466 e. The van der Waals surface area contributed by atoms with E-state index in [1.807, 2.05) is 12.2 Å². The molecule has 1 unspecified atom stereocenters. The summed E-state index contributed by atoms with van der Waals surface area (Å²) in [6.07, 6.45) is 12.3. The molecule has 28 heavy (non-hydrogen) atoms. The zero-order valence-corrected chi connectivity index (χ0v) is 17.5. The highest BCUT2D eigenvalue weighted by atomic mass is 16.5. The van der Waals surface area contributed by atoms with E-state index in [2.05, 4.69) is 5.32 Å². The van der Waals surface area contributed by atoms with E-state index in [0.29, 0.717) is 51.4 Å². The second-order valence-corrected chi connectivity index (χ2v) is 7.31. The molecule has 1 N–H and O–H groups in total. The number of ketones is 1. The lowest BCUT2D eigenvalue weighted by Crippen LogP contribution is -2.38. The lowest BCUT2D eigenvalue weighted by atomic mass is 9.99. The highest BCUT2D eigenvalue weighted by Crippen LogP contribution is 2.27. The summed E-state index contributed by atoms with van der Waals surface area (Å²) in [6.45, 7) is 4.81. The summed E-state index contributed by atoms with van der Waals surface area (Å²) in [5, 5.41) is 3.17. The number of rotatable bonds is 15. The Hall–Kier alpha value is -1.69. The second kappa shape index (κ2) is 15.3. The minimum Gasteiger partial charge on any atom is -0.466 e. The predicted octanol–water partition coefficient (Wildman–Crippen LogP) is 3.73. The minimum absolute atomic E-state index is 0.177. The Kier molecular flexibility index (Phi) is 13.3. The number of Topliss-reactive ketones (excluding diaryl/α,β-unsaturated/α-hetero) is 1. The average molecular weight is 396 g/mol. The van der Waals surface area contributed by atoms with Gasteiger partial charge < -0.3 is 14.8 Å². The molecule has 6 nitrogen and oxygen atoms in total. The van der Waals surface area contributed by atoms with Crippen molar-refractivity contribution in [2.45, 2.75) is 84.1 Å². The van der Waals surface area contributed by atoms with Gasteiger partial charge in [0.25, 0.3) is 0 Å². The van der Waals surface area contributed by atoms with E-state index in [9.17, 15) is 14.4 Å². The maximum absolute atomic E-state index is 12.1. The van der Waals surface area contributed by atoms with E-state index in [1.54, 1.807) is 13.8 Å². The molecular formula is C22H37NO5. The third-order valence-electron chi connectivity index (χ3n) is 4.95. The third kappa shape index (κ3) is 11.2. The van der Waals surface area contributed by atoms with Gasteiger partial charge in [-0.3, -0.25) is 14.4 Å². The van der Waals surface area contributed by atoms with E-state index in [-0.39, 0.29) is 17.7 Å². The standard InChI is InChI=1S/C22H37NO5/c1-3-27-21(25)14-8-6-5-7-13-20(22(26)28-4-2)23-16-15-19(24)17-18-11-9-10-12-18/h5,7,18,20,23H,3-4,6,8-17H2,1-2H3/b7-5-. The van der Waals surface area contributed by atoms with Crippen LogP contribution in [0.25, 0.3) is 0 Å². The first-order valence-corrected chi connectivity index (χ1v) is 10.8. The van der Waals surface area contributed by atoms with Gasteiger partial charge in [0.1, 0.15) is 11.8 Å². The van der Waals surface area contributed by atoms with Crippen LogP contribution < -0.4 is 5.32 Å². The Labute approximate surface area is 169 Å². The fraction of sp³-hybridized carbons (Fsp3) is 0.773. The molecule has 0 aromatic rings. The van der Waals surface area contributed by atoms with Gasteiger partial charge in [0.05, 0.1) is 13.2 Å². The fourth-order valence-electron chi connectivity index (χ4n) is 3.48. The molecule has 0 heterocycles. The molecule has 6 heteroatoms. The number of unbranched alkanes of at least 4 members (excludes halogenated alkanes) is 1. The topological polar surface area (TPSA) is 81.7 Å². The van der Waals surface area contributed by atoms with Crippen molar-refractivity contribution in [3.8, 4) is 0 Å². The first-order valence-electron chi connectivity index (χ1n) is 10.8. The molecule has 160 valence electrons. The summed E-state index contributed by atoms with van der Waals surface area (Å²) in [4.78, 5) is 35.5. The summed E-state index contributed by atoms with van der Waals surface area (Å²) < 4.78 is 10.0. The van der Waals surface area contributed by atoms with Crippen LogP contribution in [-0.4, -0.2) is 43.5 Å². The molecule has 0 bridgehead atoms. The van der Waals surface area contributed by atoms with E-state index in [0.717, 1.165) is 12.8 Å². The average Bonchev–Trinajstić information content (AvgIpc) is 3.16. The fourth-order valence-corrected chi connectivity index (χ4v) is 3.48. The summed E-state index contributed by atoms with van der Waals surface area (Å²) in [5.41, 5.74) is 0. The highest BCUT2D eigenvalue weighted by Gasteiger charge is 2.20. The Morgan fingerprint density at radius 2 is 1.75 bits per heavy atom. The van der Waals surface area contributed by atoms with Crippen molar-refractivity contribution in [1.29, 1.82) is 0 Å². The number of nitrogens with one attached hydrogen (secondary N) is 1. The van der Waals surface area contributed by atoms with Crippen LogP contribution in [0, 0.1) is 5.92 Å². The zero-order chi connectivity index (χ0) is 20.6. The number of hydrogen-bond acceptors (Lipinski definition) is 6. The molecule has 0 saturated heterocycles. The van der Waals surface area contributed by atoms with Crippen LogP contribution in [0.4, 0.5) is 0 Å². The molecule has 0 aromatic heterocycles. The van der Waals surface area contributed by atoms with Gasteiger partial charge in [-0.25, -0.2) is 0 Å². The van der Waals surface area contributed by atoms with Crippen LogP contribution in [0.3, 0.4) is 0 Å². The van der Waals surface area contributed by atoms with Crippen molar-refractivity contribution in [2.24, 2.45) is 5.92 Å². The molecule has 0 aromatic carbocycles. The van der Waals surface area contributed by atoms with Gasteiger partial charge in [-0.15, -0.1) is 0 Å². The highest BCUT2D eigenvalue weighted by molar-refractivity contribution is 5.79. The lowest BCUT2D eigenvalue weighted by Gasteiger charge is -2.16. The van der Waals surface area contributed by atoms with E-state index in [1.165, 1.54) is 25.7 Å². The van der Waals surface area contributed by atoms with Gasteiger partial charge in [-0.1, -0.05) is 37.8 Å². The van der Waals surface area contributed by atoms with Gasteiger partial charge in [0.15, 0.2) is 0 Å². The number of carbonyl (C=O) groups is 3. The molecule has 0 spiro atoms. The quantitative estimate of drug-likeness (QED) is 0.258. The number of carbonyl (C=O) groups excluding carboxylic acids is 3. The van der Waals surface area contributed by atoms with Gasteiger partial charge >= 0.3 is 11.9 Å². The van der Waals surface area contributed by atoms with E-state index >= 15 is 0 Å². The molecular weight excluding hydrogens is 358 g/mol. The SMILES string of the molecule is CCOC(=O)CCC/C=C\CC(NCCC(=O)CC1CCCC1)C(=O)OCC. The molecule has 1 rings (SSSR count). The maximum atomic E-state index is 12.1. The molecule has 0 radical (unpaired) electrons. The van der Waals surface area contributed by atoms with E-state index < -0.39 is 6.04 Å². The Morgan fingerprint density at radius 1 is 1.04 bits per heavy atom. The monoisotopic (exact) mass is 395 g/mol. The van der Waals surface area contributed by atoms with Gasteiger partial charge in [0, 0.05) is 25.8 Å². The molecule has 1 aliphatic carbocycles. The summed E-state index contributed by atoms with van der Waals surface area (Å²) in [6, 6.07) is -0.444. The predicted molar refractivity (Wildman–Crippen MR) is 109 cm³/mol. The second-order valence-electron chi connectivity index (χ2n) is 7.31. The van der Waals surface area contributed by atoms with Crippen molar-refractivity contribution in [3.63, 3.8) is 0 Å². The van der Waals surface area contributed by atoms with Crippen LogP contribution in [-0.2, 0) is 23.9 Å². The third-order valence-corrected chi connectivity index (χ3v) is 4.95. The first-order chi connectivity index (χ1) is 13.6. The molecule has 0 amide bonds. The van der Waals surface area contributed by atoms with Crippen LogP contribution in [0.2, 0.25) is 0 Å². The summed E-state index contributed by atoms with van der Waals surface area (Å²) >= 11 is 0. The van der Waals surface area contributed by atoms with E-state index in [4.69, 9.17) is 9.47 Å².